The van der Waals surface area contributed by atoms with Gasteiger partial charge < -0.3 is 5.11 Å². The number of aryl methyl sites for hydroxylation is 2. The lowest BCUT2D eigenvalue weighted by Crippen LogP contribution is -2.02. The Morgan fingerprint density at radius 2 is 2.13 bits per heavy atom. The van der Waals surface area contributed by atoms with Gasteiger partial charge in [0, 0.05) is 0 Å². The first kappa shape index (κ1) is 9.86. The molecule has 0 aliphatic rings. The van der Waals surface area contributed by atoms with Crippen molar-refractivity contribution in [2.24, 2.45) is 0 Å². The monoisotopic (exact) mass is 203 g/mol. The summed E-state index contributed by atoms with van der Waals surface area (Å²) < 4.78 is 0. The normalized spacial score (nSPS) is 12.7. The molecule has 1 aromatic carbocycles. The largest absolute Gasteiger partial charge is 0.382 e. The molecule has 0 saturated heterocycles. The van der Waals surface area contributed by atoms with Crippen LogP contribution in [-0.4, -0.2) is 20.5 Å². The Balaban J connectivity index is 2.38. The number of nitrogens with one attached hydrogen (secondary N) is 1. The van der Waals surface area contributed by atoms with Crippen LogP contribution in [0.4, 0.5) is 0 Å². The highest BCUT2D eigenvalue weighted by molar-refractivity contribution is 5.34. The van der Waals surface area contributed by atoms with Crippen molar-refractivity contribution < 1.29 is 5.11 Å². The van der Waals surface area contributed by atoms with Crippen LogP contribution in [0.5, 0.6) is 0 Å². The van der Waals surface area contributed by atoms with Gasteiger partial charge in [-0.15, -0.1) is 0 Å². The minimum absolute atomic E-state index is 0.543. The van der Waals surface area contributed by atoms with E-state index in [9.17, 15) is 5.11 Å². The Bertz CT molecular complexity index is 451. The van der Waals surface area contributed by atoms with E-state index in [4.69, 9.17) is 0 Å². The second-order valence-corrected chi connectivity index (χ2v) is 3.66. The van der Waals surface area contributed by atoms with Crippen molar-refractivity contribution in [2.45, 2.75) is 20.0 Å². The third kappa shape index (κ3) is 1.89. The molecule has 0 aliphatic carbocycles. The van der Waals surface area contributed by atoms with Gasteiger partial charge in [0.15, 0.2) is 0 Å². The molecule has 78 valence electrons. The van der Waals surface area contributed by atoms with Gasteiger partial charge in [-0.1, -0.05) is 23.8 Å². The smallest absolute Gasteiger partial charge is 0.125 e. The van der Waals surface area contributed by atoms with Crippen molar-refractivity contribution in [2.75, 3.05) is 0 Å². The Hall–Kier alpha value is -1.68. The zero-order valence-corrected chi connectivity index (χ0v) is 8.73. The summed E-state index contributed by atoms with van der Waals surface area (Å²) in [6.45, 7) is 4.00. The summed E-state index contributed by atoms with van der Waals surface area (Å²) in [4.78, 5) is 0. The van der Waals surface area contributed by atoms with Crippen molar-refractivity contribution >= 4 is 0 Å². The van der Waals surface area contributed by atoms with Crippen LogP contribution < -0.4 is 0 Å². The van der Waals surface area contributed by atoms with Gasteiger partial charge in [0.2, 0.25) is 0 Å². The van der Waals surface area contributed by atoms with Gasteiger partial charge >= 0.3 is 0 Å². The molecule has 15 heavy (non-hydrogen) atoms. The molecule has 1 heterocycles. The molecule has 0 amide bonds. The van der Waals surface area contributed by atoms with E-state index in [1.807, 2.05) is 32.0 Å². The van der Waals surface area contributed by atoms with E-state index < -0.39 is 6.10 Å². The lowest BCUT2D eigenvalue weighted by atomic mass is 10.00. The van der Waals surface area contributed by atoms with E-state index in [-0.39, 0.29) is 0 Å². The van der Waals surface area contributed by atoms with Crippen LogP contribution in [0, 0.1) is 13.8 Å². The quantitative estimate of drug-likeness (QED) is 0.777. The lowest BCUT2D eigenvalue weighted by Gasteiger charge is -2.11. The van der Waals surface area contributed by atoms with Gasteiger partial charge in [-0.25, -0.2) is 0 Å². The maximum Gasteiger partial charge on any atom is 0.125 e. The Morgan fingerprint density at radius 3 is 2.73 bits per heavy atom. The molecule has 0 bridgehead atoms. The van der Waals surface area contributed by atoms with Crippen LogP contribution in [0.3, 0.4) is 0 Å². The molecule has 0 spiro atoms. The van der Waals surface area contributed by atoms with Crippen molar-refractivity contribution in [3.63, 3.8) is 0 Å². The third-order valence-corrected chi connectivity index (χ3v) is 2.43. The Morgan fingerprint density at radius 1 is 1.33 bits per heavy atom. The fourth-order valence-electron chi connectivity index (χ4n) is 1.63. The molecule has 2 rings (SSSR count). The predicted molar refractivity (Wildman–Crippen MR) is 56.4 cm³/mol. The van der Waals surface area contributed by atoms with Crippen molar-refractivity contribution in [3.8, 4) is 0 Å². The van der Waals surface area contributed by atoms with Crippen LogP contribution >= 0.6 is 0 Å². The molecular weight excluding hydrogens is 190 g/mol. The number of rotatable bonds is 2. The van der Waals surface area contributed by atoms with E-state index in [2.05, 4.69) is 15.4 Å². The highest BCUT2D eigenvalue weighted by atomic mass is 16.3. The Kier molecular flexibility index (Phi) is 2.51. The first-order valence-electron chi connectivity index (χ1n) is 4.79. The molecule has 2 N–H and O–H groups in total. The van der Waals surface area contributed by atoms with E-state index in [0.717, 1.165) is 11.1 Å². The van der Waals surface area contributed by atoms with Gasteiger partial charge in [0.1, 0.15) is 11.8 Å². The summed E-state index contributed by atoms with van der Waals surface area (Å²) in [6.07, 6.45) is 0.827. The Labute approximate surface area is 88.0 Å². The summed E-state index contributed by atoms with van der Waals surface area (Å²) in [7, 11) is 0. The number of aliphatic hydroxyl groups is 1. The van der Waals surface area contributed by atoms with Crippen LogP contribution in [-0.2, 0) is 0 Å². The maximum absolute atomic E-state index is 10.0. The highest BCUT2D eigenvalue weighted by Crippen LogP contribution is 2.23. The fourth-order valence-corrected chi connectivity index (χ4v) is 1.63. The average molecular weight is 203 g/mol. The van der Waals surface area contributed by atoms with Crippen molar-refractivity contribution in [3.05, 3.63) is 46.8 Å². The summed E-state index contributed by atoms with van der Waals surface area (Å²) in [6, 6.07) is 5.94. The molecule has 2 aromatic rings. The van der Waals surface area contributed by atoms with E-state index in [1.54, 1.807) is 0 Å². The molecule has 1 unspecified atom stereocenters. The molecule has 1 atom stereocenters. The van der Waals surface area contributed by atoms with Crippen LogP contribution in [0.15, 0.2) is 24.4 Å². The summed E-state index contributed by atoms with van der Waals surface area (Å²) in [5, 5.41) is 20.1. The SMILES string of the molecule is Cc1ccc(C(O)c2cn[nH]n2)c(C)c1. The second-order valence-electron chi connectivity index (χ2n) is 3.66. The molecule has 4 heteroatoms. The number of aromatic amines is 1. The molecule has 0 fully saturated rings. The summed E-state index contributed by atoms with van der Waals surface area (Å²) in [5.41, 5.74) is 3.66. The zero-order valence-electron chi connectivity index (χ0n) is 8.73. The topological polar surface area (TPSA) is 61.8 Å². The van der Waals surface area contributed by atoms with Gasteiger partial charge in [-0.2, -0.15) is 15.4 Å². The summed E-state index contributed by atoms with van der Waals surface area (Å²) in [5.74, 6) is 0. The molecule has 0 saturated carbocycles. The minimum Gasteiger partial charge on any atom is -0.382 e. The van der Waals surface area contributed by atoms with E-state index in [0.29, 0.717) is 5.69 Å². The van der Waals surface area contributed by atoms with Crippen molar-refractivity contribution in [1.29, 1.82) is 0 Å². The number of aromatic nitrogens is 3. The van der Waals surface area contributed by atoms with Gasteiger partial charge in [-0.05, 0) is 25.0 Å². The fraction of sp³-hybridized carbons (Fsp3) is 0.273. The number of hydrogen-bond donors (Lipinski definition) is 2. The molecule has 0 radical (unpaired) electrons. The van der Waals surface area contributed by atoms with E-state index >= 15 is 0 Å². The molecule has 1 aromatic heterocycles. The standard InChI is InChI=1S/C11H13N3O/c1-7-3-4-9(8(2)5-7)11(15)10-6-12-14-13-10/h3-6,11,15H,1-2H3,(H,12,13,14). The second kappa shape index (κ2) is 3.82. The average Bonchev–Trinajstić information content (AvgIpc) is 2.69. The number of hydrogen-bond acceptors (Lipinski definition) is 3. The minimum atomic E-state index is -0.704. The molecule has 0 aliphatic heterocycles. The molecule has 4 nitrogen and oxygen atoms in total. The number of benzene rings is 1. The highest BCUT2D eigenvalue weighted by Gasteiger charge is 2.14. The predicted octanol–water partition coefficient (Wildman–Crippen LogP) is 1.50. The zero-order chi connectivity index (χ0) is 10.8. The van der Waals surface area contributed by atoms with Crippen LogP contribution in [0.2, 0.25) is 0 Å². The number of nitrogens with zero attached hydrogens (tertiary/aromatic N) is 2. The first-order valence-corrected chi connectivity index (χ1v) is 4.79. The van der Waals surface area contributed by atoms with Crippen molar-refractivity contribution in [1.82, 2.24) is 15.4 Å². The van der Waals surface area contributed by atoms with Gasteiger partial charge in [-0.3, -0.25) is 0 Å². The lowest BCUT2D eigenvalue weighted by molar-refractivity contribution is 0.214. The maximum atomic E-state index is 10.0. The van der Waals surface area contributed by atoms with Crippen LogP contribution in [0.1, 0.15) is 28.5 Å². The van der Waals surface area contributed by atoms with Gasteiger partial charge in [0.25, 0.3) is 0 Å². The third-order valence-electron chi connectivity index (χ3n) is 2.43. The first-order chi connectivity index (χ1) is 7.18. The van der Waals surface area contributed by atoms with E-state index in [1.165, 1.54) is 11.8 Å². The van der Waals surface area contributed by atoms with Gasteiger partial charge in [0.05, 0.1) is 6.20 Å². The van der Waals surface area contributed by atoms with Crippen LogP contribution in [0.25, 0.3) is 0 Å². The molecular formula is C11H13N3O. The number of H-pyrrole nitrogens is 1. The number of aliphatic hydroxyl groups excluding tert-OH is 1. The summed E-state index contributed by atoms with van der Waals surface area (Å²) >= 11 is 0.